The first-order valence-corrected chi connectivity index (χ1v) is 13.5. The zero-order valence-electron chi connectivity index (χ0n) is 20.8. The summed E-state index contributed by atoms with van der Waals surface area (Å²) in [6.45, 7) is 3.18. The molecule has 3 aliphatic heterocycles. The Labute approximate surface area is 220 Å². The van der Waals surface area contributed by atoms with Gasteiger partial charge in [0, 0.05) is 64.8 Å². The lowest BCUT2D eigenvalue weighted by molar-refractivity contribution is 0.188. The molecule has 9 heteroatoms. The fraction of sp³-hybridized carbons (Fsp3) is 0.429. The standard InChI is InChI=1S/C28H30ClFN6O/c1-35-10-4-5-18(35)15-37-28-33-26-20(27(34-28)36-13-16-8-9-17(14-36)32-16)11-22(29)24(25(26)30)21-12-31-23-7-3-2-6-19(21)23/h2-3,6-7,11-12,16-18,31-32H,4-5,8-10,13-15H2,1H3/t16?,17?,18-/m0/s1. The average Bonchev–Trinajstić information content (AvgIpc) is 3.61. The predicted molar refractivity (Wildman–Crippen MR) is 145 cm³/mol. The lowest BCUT2D eigenvalue weighted by Crippen LogP contribution is -2.51. The molecule has 2 aromatic carbocycles. The Bertz CT molecular complexity index is 1480. The summed E-state index contributed by atoms with van der Waals surface area (Å²) < 4.78 is 22.6. The van der Waals surface area contributed by atoms with Gasteiger partial charge in [0.05, 0.1) is 5.02 Å². The van der Waals surface area contributed by atoms with Gasteiger partial charge in [-0.2, -0.15) is 9.97 Å². The van der Waals surface area contributed by atoms with Crippen molar-refractivity contribution in [1.29, 1.82) is 0 Å². The second-order valence-corrected chi connectivity index (χ2v) is 11.1. The highest BCUT2D eigenvalue weighted by atomic mass is 35.5. The van der Waals surface area contributed by atoms with E-state index in [1.165, 1.54) is 0 Å². The van der Waals surface area contributed by atoms with E-state index < -0.39 is 5.82 Å². The molecular formula is C28H30ClFN6O. The van der Waals surface area contributed by atoms with Gasteiger partial charge in [-0.25, -0.2) is 4.39 Å². The highest BCUT2D eigenvalue weighted by Crippen LogP contribution is 2.41. The Morgan fingerprint density at radius 3 is 2.70 bits per heavy atom. The molecule has 192 valence electrons. The molecule has 0 spiro atoms. The van der Waals surface area contributed by atoms with E-state index >= 15 is 4.39 Å². The number of likely N-dealkylation sites (N-methyl/N-ethyl adjacent to an activating group) is 1. The highest BCUT2D eigenvalue weighted by molar-refractivity contribution is 6.35. The second kappa shape index (κ2) is 9.11. The Morgan fingerprint density at radius 1 is 1.11 bits per heavy atom. The van der Waals surface area contributed by atoms with E-state index in [0.717, 1.165) is 61.8 Å². The highest BCUT2D eigenvalue weighted by Gasteiger charge is 2.34. The minimum Gasteiger partial charge on any atom is -0.462 e. The van der Waals surface area contributed by atoms with E-state index in [-0.39, 0.29) is 11.5 Å². The molecule has 2 N–H and O–H groups in total. The molecule has 2 bridgehead atoms. The van der Waals surface area contributed by atoms with Gasteiger partial charge in [0.25, 0.3) is 0 Å². The molecular weight excluding hydrogens is 491 g/mol. The number of aromatic nitrogens is 3. The molecule has 0 aliphatic carbocycles. The van der Waals surface area contributed by atoms with Gasteiger partial charge in [-0.1, -0.05) is 29.8 Å². The summed E-state index contributed by atoms with van der Waals surface area (Å²) >= 11 is 6.81. The molecule has 0 amide bonds. The van der Waals surface area contributed by atoms with Gasteiger partial charge in [0.2, 0.25) is 0 Å². The van der Waals surface area contributed by atoms with Crippen LogP contribution < -0.4 is 15.0 Å². The minimum atomic E-state index is -0.447. The number of nitrogens with one attached hydrogen (secondary N) is 2. The molecule has 3 aliphatic rings. The van der Waals surface area contributed by atoms with Crippen molar-refractivity contribution < 1.29 is 9.13 Å². The molecule has 2 aromatic heterocycles. The Balaban J connectivity index is 1.36. The molecule has 4 aromatic rings. The number of H-pyrrole nitrogens is 1. The number of aromatic amines is 1. The summed E-state index contributed by atoms with van der Waals surface area (Å²) in [5.74, 6) is 0.251. The SMILES string of the molecule is CN1CCC[C@H]1COc1nc(N2CC3CCC(C2)N3)c2cc(Cl)c(-c3c[nH]c4ccccc34)c(F)c2n1. The van der Waals surface area contributed by atoms with Crippen molar-refractivity contribution in [2.45, 2.75) is 43.8 Å². The van der Waals surface area contributed by atoms with Crippen molar-refractivity contribution in [1.82, 2.24) is 25.2 Å². The fourth-order valence-corrected chi connectivity index (χ4v) is 6.62. The molecule has 3 saturated heterocycles. The summed E-state index contributed by atoms with van der Waals surface area (Å²) in [5.41, 5.74) is 2.24. The second-order valence-electron chi connectivity index (χ2n) is 10.7. The van der Waals surface area contributed by atoms with E-state index in [4.69, 9.17) is 21.3 Å². The molecule has 37 heavy (non-hydrogen) atoms. The van der Waals surface area contributed by atoms with Crippen LogP contribution in [0, 0.1) is 5.82 Å². The van der Waals surface area contributed by atoms with Crippen molar-refractivity contribution in [3.63, 3.8) is 0 Å². The summed E-state index contributed by atoms with van der Waals surface area (Å²) in [6.07, 6.45) is 6.32. The number of likely N-dealkylation sites (tertiary alicyclic amines) is 1. The quantitative estimate of drug-likeness (QED) is 0.386. The number of halogens is 2. The number of benzene rings is 2. The van der Waals surface area contributed by atoms with Crippen LogP contribution in [0.25, 0.3) is 32.9 Å². The van der Waals surface area contributed by atoms with Gasteiger partial charge >= 0.3 is 6.01 Å². The number of hydrogen-bond donors (Lipinski definition) is 2. The molecule has 2 unspecified atom stereocenters. The van der Waals surface area contributed by atoms with E-state index in [1.54, 1.807) is 0 Å². The van der Waals surface area contributed by atoms with E-state index in [2.05, 4.69) is 32.1 Å². The zero-order valence-corrected chi connectivity index (χ0v) is 21.6. The van der Waals surface area contributed by atoms with Crippen LogP contribution in [0.5, 0.6) is 6.01 Å². The summed E-state index contributed by atoms with van der Waals surface area (Å²) in [5, 5.41) is 5.54. The van der Waals surface area contributed by atoms with Crippen molar-refractivity contribution in [2.24, 2.45) is 0 Å². The zero-order chi connectivity index (χ0) is 25.1. The van der Waals surface area contributed by atoms with E-state index in [1.807, 2.05) is 36.5 Å². The van der Waals surface area contributed by atoms with Crippen LogP contribution in [0.2, 0.25) is 5.02 Å². The predicted octanol–water partition coefficient (Wildman–Crippen LogP) is 4.98. The topological polar surface area (TPSA) is 69.3 Å². The van der Waals surface area contributed by atoms with E-state index in [0.29, 0.717) is 46.5 Å². The van der Waals surface area contributed by atoms with Gasteiger partial charge in [-0.3, -0.25) is 0 Å². The maximum atomic E-state index is 16.4. The molecule has 3 fully saturated rings. The summed E-state index contributed by atoms with van der Waals surface area (Å²) in [4.78, 5) is 17.2. The first-order chi connectivity index (χ1) is 18.0. The number of fused-ring (bicyclic) bond motifs is 4. The molecule has 3 atom stereocenters. The summed E-state index contributed by atoms with van der Waals surface area (Å²) in [6, 6.07) is 11.0. The average molecular weight is 521 g/mol. The number of rotatable bonds is 5. The van der Waals surface area contributed by atoms with Crippen LogP contribution in [0.3, 0.4) is 0 Å². The summed E-state index contributed by atoms with van der Waals surface area (Å²) in [7, 11) is 2.11. The first-order valence-electron chi connectivity index (χ1n) is 13.2. The van der Waals surface area contributed by atoms with Crippen molar-refractivity contribution in [2.75, 3.05) is 38.2 Å². The molecule has 0 radical (unpaired) electrons. The van der Waals surface area contributed by atoms with Crippen molar-refractivity contribution >= 4 is 39.2 Å². The lowest BCUT2D eigenvalue weighted by Gasteiger charge is -2.34. The third-order valence-corrected chi connectivity index (χ3v) is 8.59. The Kier molecular flexibility index (Phi) is 5.71. The van der Waals surface area contributed by atoms with Gasteiger partial charge in [-0.05, 0) is 51.4 Å². The monoisotopic (exact) mass is 520 g/mol. The third-order valence-electron chi connectivity index (χ3n) is 8.29. The van der Waals surface area contributed by atoms with Gasteiger partial charge in [0.1, 0.15) is 17.9 Å². The maximum Gasteiger partial charge on any atom is 0.319 e. The van der Waals surface area contributed by atoms with Gasteiger partial charge in [0.15, 0.2) is 5.82 Å². The normalized spacial score (nSPS) is 24.0. The Hall–Kier alpha value is -2.94. The molecule has 7 rings (SSSR count). The number of anilines is 1. The van der Waals surface area contributed by atoms with Crippen LogP contribution in [0.4, 0.5) is 10.2 Å². The number of nitrogens with zero attached hydrogens (tertiary/aromatic N) is 4. The Morgan fingerprint density at radius 2 is 1.92 bits per heavy atom. The third kappa shape index (κ3) is 4.02. The van der Waals surface area contributed by atoms with Gasteiger partial charge < -0.3 is 24.8 Å². The largest absolute Gasteiger partial charge is 0.462 e. The van der Waals surface area contributed by atoms with Crippen LogP contribution in [0.1, 0.15) is 25.7 Å². The molecule has 5 heterocycles. The maximum absolute atomic E-state index is 16.4. The minimum absolute atomic E-state index is 0.222. The lowest BCUT2D eigenvalue weighted by atomic mass is 10.0. The number of hydrogen-bond acceptors (Lipinski definition) is 6. The number of ether oxygens (including phenoxy) is 1. The van der Waals surface area contributed by atoms with Crippen LogP contribution in [-0.4, -0.2) is 71.3 Å². The number of piperazine rings is 1. The molecule has 7 nitrogen and oxygen atoms in total. The van der Waals surface area contributed by atoms with Crippen LogP contribution in [-0.2, 0) is 0 Å². The molecule has 0 saturated carbocycles. The van der Waals surface area contributed by atoms with Crippen LogP contribution in [0.15, 0.2) is 36.5 Å². The number of para-hydroxylation sites is 1. The van der Waals surface area contributed by atoms with Crippen molar-refractivity contribution in [3.8, 4) is 17.1 Å². The first kappa shape index (κ1) is 23.2. The fourth-order valence-electron chi connectivity index (χ4n) is 6.32. The van der Waals surface area contributed by atoms with Gasteiger partial charge in [-0.15, -0.1) is 0 Å². The van der Waals surface area contributed by atoms with Crippen LogP contribution >= 0.6 is 11.6 Å². The van der Waals surface area contributed by atoms with E-state index in [9.17, 15) is 0 Å². The van der Waals surface area contributed by atoms with Crippen molar-refractivity contribution in [3.05, 3.63) is 47.4 Å². The smallest absolute Gasteiger partial charge is 0.319 e.